The molecule has 0 atom stereocenters. The summed E-state index contributed by atoms with van der Waals surface area (Å²) in [7, 11) is 1.53. The summed E-state index contributed by atoms with van der Waals surface area (Å²) in [6.45, 7) is 2.32. The molecular formula is C20H24N4O6. The van der Waals surface area contributed by atoms with Gasteiger partial charge in [0.1, 0.15) is 5.75 Å². The number of ether oxygens (including phenoxy) is 1. The molecule has 1 aromatic carbocycles. The van der Waals surface area contributed by atoms with Crippen LogP contribution in [0.15, 0.2) is 41.3 Å². The van der Waals surface area contributed by atoms with Gasteiger partial charge in [-0.3, -0.25) is 0 Å². The maximum absolute atomic E-state index is 12.5. The SMILES string of the molecule is CCCCCNC(=O)N(N=Cc1c[nH]c2ccc(OC)cc12)/C(=C/C(=O)O)C(=O)O. The van der Waals surface area contributed by atoms with Crippen molar-refractivity contribution >= 4 is 35.1 Å². The molecule has 0 saturated heterocycles. The van der Waals surface area contributed by atoms with E-state index in [9.17, 15) is 19.5 Å². The zero-order valence-corrected chi connectivity index (χ0v) is 16.7. The molecule has 2 rings (SSSR count). The number of H-pyrrole nitrogens is 1. The normalized spacial score (nSPS) is 11.6. The molecule has 30 heavy (non-hydrogen) atoms. The van der Waals surface area contributed by atoms with Crippen molar-refractivity contribution in [3.05, 3.63) is 41.7 Å². The molecule has 10 heteroatoms. The fourth-order valence-corrected chi connectivity index (χ4v) is 2.67. The Morgan fingerprint density at radius 2 is 2.03 bits per heavy atom. The molecule has 0 unspecified atom stereocenters. The van der Waals surface area contributed by atoms with Crippen LogP contribution in [0, 0.1) is 0 Å². The number of unbranched alkanes of at least 4 members (excludes halogenated alkanes) is 2. The first-order valence-corrected chi connectivity index (χ1v) is 9.32. The zero-order chi connectivity index (χ0) is 22.1. The summed E-state index contributed by atoms with van der Waals surface area (Å²) in [6, 6.07) is 4.49. The van der Waals surface area contributed by atoms with Crippen molar-refractivity contribution in [1.29, 1.82) is 0 Å². The molecule has 2 aromatic rings. The minimum absolute atomic E-state index is 0.308. The number of carbonyl (C=O) groups excluding carboxylic acids is 1. The van der Waals surface area contributed by atoms with Crippen molar-refractivity contribution in [2.45, 2.75) is 26.2 Å². The molecule has 160 valence electrons. The quantitative estimate of drug-likeness (QED) is 0.203. The number of aromatic nitrogens is 1. The number of carbonyl (C=O) groups is 3. The number of fused-ring (bicyclic) bond motifs is 1. The van der Waals surface area contributed by atoms with E-state index >= 15 is 0 Å². The molecule has 2 amide bonds. The number of aromatic amines is 1. The van der Waals surface area contributed by atoms with E-state index in [0.717, 1.165) is 23.7 Å². The van der Waals surface area contributed by atoms with Gasteiger partial charge in [0.25, 0.3) is 0 Å². The average Bonchev–Trinajstić information content (AvgIpc) is 3.12. The predicted octanol–water partition coefficient (Wildman–Crippen LogP) is 2.77. The van der Waals surface area contributed by atoms with E-state index in [1.807, 2.05) is 6.92 Å². The molecule has 0 spiro atoms. The molecule has 0 bridgehead atoms. The molecule has 0 radical (unpaired) electrons. The van der Waals surface area contributed by atoms with Gasteiger partial charge in [-0.2, -0.15) is 10.1 Å². The average molecular weight is 416 g/mol. The molecule has 0 aliphatic heterocycles. The van der Waals surface area contributed by atoms with E-state index in [1.165, 1.54) is 13.3 Å². The lowest BCUT2D eigenvalue weighted by molar-refractivity contribution is -0.136. The molecule has 10 nitrogen and oxygen atoms in total. The molecule has 1 aromatic heterocycles. The lowest BCUT2D eigenvalue weighted by Gasteiger charge is -2.17. The van der Waals surface area contributed by atoms with E-state index in [-0.39, 0.29) is 0 Å². The summed E-state index contributed by atoms with van der Waals surface area (Å²) in [5.74, 6) is -2.50. The third kappa shape index (κ3) is 5.84. The van der Waals surface area contributed by atoms with Gasteiger partial charge in [-0.25, -0.2) is 14.4 Å². The molecule has 0 aliphatic rings. The number of urea groups is 1. The van der Waals surface area contributed by atoms with Gasteiger partial charge in [0.2, 0.25) is 0 Å². The second kappa shape index (κ2) is 10.6. The highest BCUT2D eigenvalue weighted by atomic mass is 16.5. The summed E-state index contributed by atoms with van der Waals surface area (Å²) >= 11 is 0. The number of hydrogen-bond donors (Lipinski definition) is 4. The van der Waals surface area contributed by atoms with Gasteiger partial charge in [-0.15, -0.1) is 0 Å². The molecular weight excluding hydrogens is 392 g/mol. The zero-order valence-electron chi connectivity index (χ0n) is 16.7. The van der Waals surface area contributed by atoms with E-state index in [4.69, 9.17) is 9.84 Å². The van der Waals surface area contributed by atoms with Crippen LogP contribution in [0.4, 0.5) is 4.79 Å². The Labute approximate surface area is 172 Å². The van der Waals surface area contributed by atoms with Crippen LogP contribution >= 0.6 is 0 Å². The predicted molar refractivity (Wildman–Crippen MR) is 111 cm³/mol. The number of rotatable bonds is 10. The van der Waals surface area contributed by atoms with Crippen LogP contribution in [0.3, 0.4) is 0 Å². The third-order valence-corrected chi connectivity index (χ3v) is 4.19. The Hall–Kier alpha value is -3.82. The van der Waals surface area contributed by atoms with Gasteiger partial charge in [0, 0.05) is 29.2 Å². The van der Waals surface area contributed by atoms with Crippen molar-refractivity contribution in [2.75, 3.05) is 13.7 Å². The number of nitrogens with zero attached hydrogens (tertiary/aromatic N) is 2. The number of aliphatic carboxylic acids is 2. The number of hydrogen-bond acceptors (Lipinski definition) is 5. The number of hydrazone groups is 1. The van der Waals surface area contributed by atoms with Crippen molar-refractivity contribution in [1.82, 2.24) is 15.3 Å². The van der Waals surface area contributed by atoms with Crippen molar-refractivity contribution < 1.29 is 29.3 Å². The van der Waals surface area contributed by atoms with E-state index < -0.39 is 23.7 Å². The Kier molecular flexibility index (Phi) is 7.98. The lowest BCUT2D eigenvalue weighted by Crippen LogP contribution is -2.39. The van der Waals surface area contributed by atoms with E-state index in [1.54, 1.807) is 24.4 Å². The van der Waals surface area contributed by atoms with Crippen LogP contribution in [-0.2, 0) is 9.59 Å². The first kappa shape index (κ1) is 22.5. The molecule has 0 saturated carbocycles. The molecule has 0 fully saturated rings. The van der Waals surface area contributed by atoms with Crippen LogP contribution in [0.5, 0.6) is 5.75 Å². The van der Waals surface area contributed by atoms with Crippen LogP contribution in [0.2, 0.25) is 0 Å². The monoisotopic (exact) mass is 416 g/mol. The van der Waals surface area contributed by atoms with Gasteiger partial charge in [-0.1, -0.05) is 19.8 Å². The maximum atomic E-state index is 12.5. The molecule has 1 heterocycles. The fraction of sp³-hybridized carbons (Fsp3) is 0.300. The van der Waals surface area contributed by atoms with Gasteiger partial charge >= 0.3 is 18.0 Å². The largest absolute Gasteiger partial charge is 0.497 e. The van der Waals surface area contributed by atoms with Crippen LogP contribution in [0.1, 0.15) is 31.7 Å². The summed E-state index contributed by atoms with van der Waals surface area (Å²) in [5, 5.41) is 26.2. The standard InChI is InChI=1S/C20H24N4O6/c1-3-4-5-8-21-20(29)24(17(19(27)28)10-18(25)26)23-12-13-11-22-16-7-6-14(30-2)9-15(13)16/h6-7,9-12,22H,3-5,8H2,1-2H3,(H,21,29)(H,25,26)(H,27,28)/b17-10+,23-12?. The number of benzene rings is 1. The third-order valence-electron chi connectivity index (χ3n) is 4.19. The van der Waals surface area contributed by atoms with Gasteiger partial charge < -0.3 is 25.3 Å². The van der Waals surface area contributed by atoms with Crippen molar-refractivity contribution in [3.63, 3.8) is 0 Å². The number of methoxy groups -OCH3 is 1. The molecule has 0 aliphatic carbocycles. The van der Waals surface area contributed by atoms with Gasteiger partial charge in [0.05, 0.1) is 19.4 Å². The highest BCUT2D eigenvalue weighted by Crippen LogP contribution is 2.22. The minimum atomic E-state index is -1.60. The van der Waals surface area contributed by atoms with Gasteiger partial charge in [0.15, 0.2) is 5.70 Å². The number of nitrogens with one attached hydrogen (secondary N) is 2. The Morgan fingerprint density at radius 1 is 1.27 bits per heavy atom. The minimum Gasteiger partial charge on any atom is -0.497 e. The fourth-order valence-electron chi connectivity index (χ4n) is 2.67. The first-order valence-electron chi connectivity index (χ1n) is 9.32. The smallest absolute Gasteiger partial charge is 0.355 e. The van der Waals surface area contributed by atoms with Gasteiger partial charge in [-0.05, 0) is 24.6 Å². The van der Waals surface area contributed by atoms with Crippen molar-refractivity contribution in [2.24, 2.45) is 5.10 Å². The summed E-state index contributed by atoms with van der Waals surface area (Å²) in [5.41, 5.74) is 0.560. The van der Waals surface area contributed by atoms with E-state index in [2.05, 4.69) is 15.4 Å². The van der Waals surface area contributed by atoms with Crippen LogP contribution in [-0.4, -0.2) is 58.0 Å². The second-order valence-corrected chi connectivity index (χ2v) is 6.32. The van der Waals surface area contributed by atoms with Crippen LogP contribution in [0.25, 0.3) is 10.9 Å². The number of carboxylic acids is 2. The second-order valence-electron chi connectivity index (χ2n) is 6.32. The topological polar surface area (TPSA) is 144 Å². The number of amides is 2. The maximum Gasteiger partial charge on any atom is 0.355 e. The lowest BCUT2D eigenvalue weighted by atomic mass is 10.2. The molecule has 4 N–H and O–H groups in total. The first-order chi connectivity index (χ1) is 14.4. The summed E-state index contributed by atoms with van der Waals surface area (Å²) < 4.78 is 5.20. The Morgan fingerprint density at radius 3 is 2.67 bits per heavy atom. The Balaban J connectivity index is 2.37. The highest BCUT2D eigenvalue weighted by molar-refractivity contribution is 6.01. The van der Waals surface area contributed by atoms with E-state index in [0.29, 0.717) is 35.4 Å². The Bertz CT molecular complexity index is 979. The van der Waals surface area contributed by atoms with Crippen LogP contribution < -0.4 is 10.1 Å². The highest BCUT2D eigenvalue weighted by Gasteiger charge is 2.24. The number of carboxylic acid groups (broad SMARTS) is 2. The van der Waals surface area contributed by atoms with Crippen molar-refractivity contribution in [3.8, 4) is 5.75 Å². The summed E-state index contributed by atoms with van der Waals surface area (Å²) in [4.78, 5) is 38.2. The summed E-state index contributed by atoms with van der Waals surface area (Å²) in [6.07, 6.45) is 5.87.